The Labute approximate surface area is 154 Å². The molecule has 0 radical (unpaired) electrons. The molecule has 26 heavy (non-hydrogen) atoms. The van der Waals surface area contributed by atoms with Crippen LogP contribution >= 0.6 is 0 Å². The van der Waals surface area contributed by atoms with E-state index in [0.29, 0.717) is 26.4 Å². The van der Waals surface area contributed by atoms with Crippen LogP contribution in [0.5, 0.6) is 5.75 Å². The molecule has 6 nitrogen and oxygen atoms in total. The standard InChI is InChI=1S/C18H27FN2O4S/c19-16-9-15(5-6-18(16)25-12-13-7-8-24-11-13)26(22,23)21-17-4-2-1-3-14(17)10-20/h5-6,9,13-14,17,21H,1-4,7-8,10-12,20H2. The van der Waals surface area contributed by atoms with E-state index in [4.69, 9.17) is 15.2 Å². The van der Waals surface area contributed by atoms with Gasteiger partial charge in [-0.25, -0.2) is 17.5 Å². The predicted molar refractivity (Wildman–Crippen MR) is 95.9 cm³/mol. The first kappa shape index (κ1) is 19.5. The minimum atomic E-state index is -3.79. The Kier molecular flexibility index (Phi) is 6.50. The lowest BCUT2D eigenvalue weighted by Crippen LogP contribution is -2.44. The molecule has 0 spiro atoms. The van der Waals surface area contributed by atoms with Crippen molar-refractivity contribution in [2.75, 3.05) is 26.4 Å². The second kappa shape index (κ2) is 8.65. The molecule has 1 saturated carbocycles. The van der Waals surface area contributed by atoms with E-state index in [-0.39, 0.29) is 28.5 Å². The van der Waals surface area contributed by atoms with Gasteiger partial charge in [-0.2, -0.15) is 0 Å². The maximum absolute atomic E-state index is 14.3. The Bertz CT molecular complexity index is 707. The van der Waals surface area contributed by atoms with E-state index in [1.54, 1.807) is 0 Å². The van der Waals surface area contributed by atoms with Gasteiger partial charge in [-0.15, -0.1) is 0 Å². The number of nitrogens with two attached hydrogens (primary N) is 1. The molecule has 146 valence electrons. The van der Waals surface area contributed by atoms with Gasteiger partial charge >= 0.3 is 0 Å². The Morgan fingerprint density at radius 2 is 2.08 bits per heavy atom. The van der Waals surface area contributed by atoms with E-state index in [9.17, 15) is 12.8 Å². The second-order valence-electron chi connectivity index (χ2n) is 7.14. The fourth-order valence-electron chi connectivity index (χ4n) is 3.60. The molecule has 3 rings (SSSR count). The fraction of sp³-hybridized carbons (Fsp3) is 0.667. The molecule has 3 atom stereocenters. The van der Waals surface area contributed by atoms with Crippen molar-refractivity contribution in [1.82, 2.24) is 4.72 Å². The number of hydrogen-bond acceptors (Lipinski definition) is 5. The monoisotopic (exact) mass is 386 g/mol. The van der Waals surface area contributed by atoms with Crippen molar-refractivity contribution in [2.24, 2.45) is 17.6 Å². The molecule has 0 aromatic heterocycles. The van der Waals surface area contributed by atoms with Gasteiger partial charge < -0.3 is 15.2 Å². The lowest BCUT2D eigenvalue weighted by Gasteiger charge is -2.31. The molecule has 3 unspecified atom stereocenters. The van der Waals surface area contributed by atoms with Gasteiger partial charge in [0.1, 0.15) is 0 Å². The summed E-state index contributed by atoms with van der Waals surface area (Å²) in [7, 11) is -3.79. The highest BCUT2D eigenvalue weighted by atomic mass is 32.2. The first-order valence-electron chi connectivity index (χ1n) is 9.22. The molecular weight excluding hydrogens is 359 g/mol. The molecule has 3 N–H and O–H groups in total. The van der Waals surface area contributed by atoms with Gasteiger partial charge in [0.15, 0.2) is 11.6 Å². The van der Waals surface area contributed by atoms with Crippen molar-refractivity contribution in [1.29, 1.82) is 0 Å². The van der Waals surface area contributed by atoms with E-state index in [2.05, 4.69) is 4.72 Å². The predicted octanol–water partition coefficient (Wildman–Crippen LogP) is 2.04. The van der Waals surface area contributed by atoms with Crippen LogP contribution in [0.25, 0.3) is 0 Å². The van der Waals surface area contributed by atoms with Gasteiger partial charge in [0.2, 0.25) is 10.0 Å². The Morgan fingerprint density at radius 1 is 1.27 bits per heavy atom. The summed E-state index contributed by atoms with van der Waals surface area (Å²) < 4.78 is 53.0. The van der Waals surface area contributed by atoms with Crippen LogP contribution in [0.15, 0.2) is 23.1 Å². The zero-order chi connectivity index (χ0) is 18.6. The van der Waals surface area contributed by atoms with Crippen LogP contribution in [-0.4, -0.2) is 40.8 Å². The number of sulfonamides is 1. The number of ether oxygens (including phenoxy) is 2. The summed E-state index contributed by atoms with van der Waals surface area (Å²) in [6.07, 6.45) is 4.59. The largest absolute Gasteiger partial charge is 0.490 e. The summed E-state index contributed by atoms with van der Waals surface area (Å²) in [6.45, 7) is 2.12. The summed E-state index contributed by atoms with van der Waals surface area (Å²) in [4.78, 5) is -0.0899. The maximum atomic E-state index is 14.3. The molecule has 2 aliphatic rings. The molecule has 1 heterocycles. The van der Waals surface area contributed by atoms with Gasteiger partial charge in [-0.1, -0.05) is 12.8 Å². The van der Waals surface area contributed by atoms with Crippen molar-refractivity contribution in [3.8, 4) is 5.75 Å². The molecular formula is C18H27FN2O4S. The van der Waals surface area contributed by atoms with E-state index < -0.39 is 15.8 Å². The summed E-state index contributed by atoms with van der Waals surface area (Å²) >= 11 is 0. The summed E-state index contributed by atoms with van der Waals surface area (Å²) in [6, 6.07) is 3.58. The summed E-state index contributed by atoms with van der Waals surface area (Å²) in [5.41, 5.74) is 5.76. The Morgan fingerprint density at radius 3 is 2.77 bits per heavy atom. The average molecular weight is 386 g/mol. The zero-order valence-corrected chi connectivity index (χ0v) is 15.6. The molecule has 8 heteroatoms. The maximum Gasteiger partial charge on any atom is 0.240 e. The number of halogens is 1. The second-order valence-corrected chi connectivity index (χ2v) is 8.85. The first-order valence-corrected chi connectivity index (χ1v) is 10.7. The van der Waals surface area contributed by atoms with Crippen LogP contribution in [0.3, 0.4) is 0 Å². The minimum absolute atomic E-state index is 0.0633. The van der Waals surface area contributed by atoms with E-state index in [0.717, 1.165) is 38.2 Å². The van der Waals surface area contributed by atoms with Crippen molar-refractivity contribution in [2.45, 2.75) is 43.0 Å². The SMILES string of the molecule is NCC1CCCCC1NS(=O)(=O)c1ccc(OCC2CCOC2)c(F)c1. The van der Waals surface area contributed by atoms with Gasteiger partial charge in [-0.3, -0.25) is 0 Å². The highest BCUT2D eigenvalue weighted by Crippen LogP contribution is 2.27. The van der Waals surface area contributed by atoms with E-state index >= 15 is 0 Å². The van der Waals surface area contributed by atoms with E-state index in [1.165, 1.54) is 12.1 Å². The van der Waals surface area contributed by atoms with Crippen molar-refractivity contribution in [3.05, 3.63) is 24.0 Å². The molecule has 2 fully saturated rings. The number of nitrogens with one attached hydrogen (secondary N) is 1. The highest BCUT2D eigenvalue weighted by Gasteiger charge is 2.29. The molecule has 1 aromatic rings. The summed E-state index contributed by atoms with van der Waals surface area (Å²) in [5.74, 6) is -0.238. The van der Waals surface area contributed by atoms with Gasteiger partial charge in [0, 0.05) is 18.6 Å². The van der Waals surface area contributed by atoms with Crippen LogP contribution in [0.1, 0.15) is 32.1 Å². The zero-order valence-electron chi connectivity index (χ0n) is 14.8. The Balaban J connectivity index is 1.66. The summed E-state index contributed by atoms with van der Waals surface area (Å²) in [5, 5.41) is 0. The van der Waals surface area contributed by atoms with Crippen LogP contribution in [0, 0.1) is 17.7 Å². The number of benzene rings is 1. The highest BCUT2D eigenvalue weighted by molar-refractivity contribution is 7.89. The fourth-order valence-corrected chi connectivity index (χ4v) is 4.95. The first-order chi connectivity index (χ1) is 12.5. The lowest BCUT2D eigenvalue weighted by molar-refractivity contribution is 0.165. The normalized spacial score (nSPS) is 26.8. The Hall–Kier alpha value is -1.22. The van der Waals surface area contributed by atoms with Crippen LogP contribution in [0.4, 0.5) is 4.39 Å². The topological polar surface area (TPSA) is 90.7 Å². The lowest BCUT2D eigenvalue weighted by atomic mass is 9.85. The van der Waals surface area contributed by atoms with Crippen molar-refractivity contribution < 1.29 is 22.3 Å². The van der Waals surface area contributed by atoms with E-state index in [1.807, 2.05) is 0 Å². The third kappa shape index (κ3) is 4.73. The number of hydrogen-bond donors (Lipinski definition) is 2. The molecule has 1 saturated heterocycles. The van der Waals surface area contributed by atoms with Crippen LogP contribution in [0.2, 0.25) is 0 Å². The third-order valence-corrected chi connectivity index (χ3v) is 6.72. The third-order valence-electron chi connectivity index (χ3n) is 5.23. The minimum Gasteiger partial charge on any atom is -0.490 e. The van der Waals surface area contributed by atoms with Gasteiger partial charge in [-0.05, 0) is 49.9 Å². The number of rotatable bonds is 7. The average Bonchev–Trinajstić information content (AvgIpc) is 3.14. The smallest absolute Gasteiger partial charge is 0.240 e. The van der Waals surface area contributed by atoms with Crippen molar-refractivity contribution >= 4 is 10.0 Å². The molecule has 1 aromatic carbocycles. The van der Waals surface area contributed by atoms with Gasteiger partial charge in [0.25, 0.3) is 0 Å². The quantitative estimate of drug-likeness (QED) is 0.748. The van der Waals surface area contributed by atoms with Crippen LogP contribution in [-0.2, 0) is 14.8 Å². The molecule has 0 bridgehead atoms. The van der Waals surface area contributed by atoms with Crippen molar-refractivity contribution in [3.63, 3.8) is 0 Å². The molecule has 1 aliphatic heterocycles. The molecule has 1 aliphatic carbocycles. The molecule has 0 amide bonds. The van der Waals surface area contributed by atoms with Crippen LogP contribution < -0.4 is 15.2 Å². The van der Waals surface area contributed by atoms with Gasteiger partial charge in [0.05, 0.1) is 18.1 Å².